The van der Waals surface area contributed by atoms with E-state index in [0.29, 0.717) is 12.5 Å². The van der Waals surface area contributed by atoms with Gasteiger partial charge in [-0.1, -0.05) is 6.92 Å². The summed E-state index contributed by atoms with van der Waals surface area (Å²) in [4.78, 5) is 13.6. The van der Waals surface area contributed by atoms with Crippen LogP contribution in [0.5, 0.6) is 0 Å². The van der Waals surface area contributed by atoms with E-state index in [1.807, 2.05) is 6.92 Å². The molecule has 1 unspecified atom stereocenters. The zero-order valence-electron chi connectivity index (χ0n) is 8.42. The van der Waals surface area contributed by atoms with Gasteiger partial charge in [0, 0.05) is 12.6 Å². The number of carbonyl (C=O) groups excluding carboxylic acids is 1. The van der Waals surface area contributed by atoms with E-state index >= 15 is 0 Å². The molecule has 1 saturated heterocycles. The second-order valence-corrected chi connectivity index (χ2v) is 3.77. The fourth-order valence-electron chi connectivity index (χ4n) is 1.55. The van der Waals surface area contributed by atoms with Crippen LogP contribution in [0.3, 0.4) is 0 Å². The van der Waals surface area contributed by atoms with Crippen molar-refractivity contribution >= 4 is 5.91 Å². The highest BCUT2D eigenvalue weighted by Gasteiger charge is 2.22. The summed E-state index contributed by atoms with van der Waals surface area (Å²) in [5, 5.41) is 2.95. The van der Waals surface area contributed by atoms with Gasteiger partial charge < -0.3 is 16.0 Å². The molecule has 0 aromatic rings. The topological polar surface area (TPSA) is 58.4 Å². The Balaban J connectivity index is 2.28. The number of likely N-dealkylation sites (tertiary alicyclic amines) is 1. The van der Waals surface area contributed by atoms with Gasteiger partial charge in [0.1, 0.15) is 0 Å². The largest absolute Gasteiger partial charge is 0.351 e. The molecular formula is C9H19N3O. The summed E-state index contributed by atoms with van der Waals surface area (Å²) < 4.78 is 0. The minimum Gasteiger partial charge on any atom is -0.351 e. The molecule has 0 radical (unpaired) electrons. The maximum Gasteiger partial charge on any atom is 0.237 e. The molecule has 0 aromatic carbocycles. The molecule has 1 amide bonds. The summed E-state index contributed by atoms with van der Waals surface area (Å²) in [6.07, 6.45) is 1.74. The molecule has 1 rings (SSSR count). The zero-order valence-corrected chi connectivity index (χ0v) is 8.42. The summed E-state index contributed by atoms with van der Waals surface area (Å²) in [5.74, 6) is -0.0113. The van der Waals surface area contributed by atoms with Crippen molar-refractivity contribution in [1.82, 2.24) is 10.2 Å². The van der Waals surface area contributed by atoms with Crippen LogP contribution >= 0.6 is 0 Å². The number of rotatable bonds is 3. The fourth-order valence-corrected chi connectivity index (χ4v) is 1.55. The van der Waals surface area contributed by atoms with Gasteiger partial charge in [0.25, 0.3) is 0 Å². The third-order valence-electron chi connectivity index (χ3n) is 2.51. The zero-order chi connectivity index (χ0) is 9.84. The molecule has 0 aromatic heterocycles. The lowest BCUT2D eigenvalue weighted by Crippen LogP contribution is -2.45. The molecule has 0 saturated carbocycles. The van der Waals surface area contributed by atoms with E-state index in [-0.39, 0.29) is 11.9 Å². The van der Waals surface area contributed by atoms with Crippen LogP contribution in [0.2, 0.25) is 0 Å². The van der Waals surface area contributed by atoms with E-state index in [9.17, 15) is 4.79 Å². The maximum atomic E-state index is 11.4. The molecule has 1 aliphatic rings. The van der Waals surface area contributed by atoms with Gasteiger partial charge >= 0.3 is 0 Å². The van der Waals surface area contributed by atoms with Crippen molar-refractivity contribution in [2.75, 3.05) is 20.1 Å². The average Bonchev–Trinajstić information content (AvgIpc) is 2.49. The summed E-state index contributed by atoms with van der Waals surface area (Å²) in [7, 11) is 2.06. The Morgan fingerprint density at radius 3 is 2.92 bits per heavy atom. The smallest absolute Gasteiger partial charge is 0.237 e. The molecule has 2 atom stereocenters. The molecule has 13 heavy (non-hydrogen) atoms. The van der Waals surface area contributed by atoms with Crippen LogP contribution in [-0.2, 0) is 4.79 Å². The van der Waals surface area contributed by atoms with E-state index in [0.717, 1.165) is 19.5 Å². The Morgan fingerprint density at radius 2 is 2.46 bits per heavy atom. The first-order chi connectivity index (χ1) is 6.13. The SMILES string of the molecule is CC[C@@H](N)C(=O)NC1CCN(C)C1. The van der Waals surface area contributed by atoms with Gasteiger partial charge in [-0.15, -0.1) is 0 Å². The van der Waals surface area contributed by atoms with Crippen LogP contribution in [0, 0.1) is 0 Å². The monoisotopic (exact) mass is 185 g/mol. The third kappa shape index (κ3) is 2.97. The standard InChI is InChI=1S/C9H19N3O/c1-3-8(10)9(13)11-7-4-5-12(2)6-7/h7-8H,3-6,10H2,1-2H3,(H,11,13)/t7?,8-/m1/s1. The molecule has 1 fully saturated rings. The fraction of sp³-hybridized carbons (Fsp3) is 0.889. The molecule has 1 heterocycles. The van der Waals surface area contributed by atoms with Gasteiger partial charge in [-0.3, -0.25) is 4.79 Å². The van der Waals surface area contributed by atoms with Crippen LogP contribution in [0.15, 0.2) is 0 Å². The van der Waals surface area contributed by atoms with Gasteiger partial charge in [0.15, 0.2) is 0 Å². The van der Waals surface area contributed by atoms with Crippen molar-refractivity contribution in [1.29, 1.82) is 0 Å². The van der Waals surface area contributed by atoms with Crippen molar-refractivity contribution in [3.63, 3.8) is 0 Å². The van der Waals surface area contributed by atoms with Crippen LogP contribution in [-0.4, -0.2) is 43.0 Å². The van der Waals surface area contributed by atoms with Gasteiger partial charge in [0.2, 0.25) is 5.91 Å². The third-order valence-corrected chi connectivity index (χ3v) is 2.51. The van der Waals surface area contributed by atoms with Crippen molar-refractivity contribution in [2.24, 2.45) is 5.73 Å². The molecule has 4 nitrogen and oxygen atoms in total. The van der Waals surface area contributed by atoms with Crippen molar-refractivity contribution < 1.29 is 4.79 Å². The van der Waals surface area contributed by atoms with Crippen LogP contribution in [0.1, 0.15) is 19.8 Å². The second-order valence-electron chi connectivity index (χ2n) is 3.77. The number of hydrogen-bond acceptors (Lipinski definition) is 3. The molecular weight excluding hydrogens is 166 g/mol. The molecule has 0 bridgehead atoms. The Morgan fingerprint density at radius 1 is 1.77 bits per heavy atom. The first-order valence-corrected chi connectivity index (χ1v) is 4.88. The average molecular weight is 185 g/mol. The lowest BCUT2D eigenvalue weighted by atomic mass is 10.2. The lowest BCUT2D eigenvalue weighted by molar-refractivity contribution is -0.123. The quantitative estimate of drug-likeness (QED) is 0.626. The van der Waals surface area contributed by atoms with Gasteiger partial charge in [-0.25, -0.2) is 0 Å². The number of carbonyl (C=O) groups is 1. The molecule has 0 aliphatic carbocycles. The maximum absolute atomic E-state index is 11.4. The van der Waals surface area contributed by atoms with Crippen molar-refractivity contribution in [3.8, 4) is 0 Å². The summed E-state index contributed by atoms with van der Waals surface area (Å²) in [6.45, 7) is 3.93. The summed E-state index contributed by atoms with van der Waals surface area (Å²) in [5.41, 5.74) is 5.60. The Kier molecular flexibility index (Phi) is 3.69. The van der Waals surface area contributed by atoms with Gasteiger partial charge in [-0.05, 0) is 26.4 Å². The predicted octanol–water partition coefficient (Wildman–Crippen LogP) is -0.456. The summed E-state index contributed by atoms with van der Waals surface area (Å²) >= 11 is 0. The van der Waals surface area contributed by atoms with Crippen LogP contribution in [0.25, 0.3) is 0 Å². The number of hydrogen-bond donors (Lipinski definition) is 2. The van der Waals surface area contributed by atoms with E-state index in [1.165, 1.54) is 0 Å². The van der Waals surface area contributed by atoms with E-state index in [1.54, 1.807) is 0 Å². The first kappa shape index (κ1) is 10.5. The highest BCUT2D eigenvalue weighted by molar-refractivity contribution is 5.81. The van der Waals surface area contributed by atoms with E-state index in [2.05, 4.69) is 17.3 Å². The number of likely N-dealkylation sites (N-methyl/N-ethyl adjacent to an activating group) is 1. The molecule has 3 N–H and O–H groups in total. The molecule has 4 heteroatoms. The minimum absolute atomic E-state index is 0.0113. The number of amides is 1. The minimum atomic E-state index is -0.342. The Hall–Kier alpha value is -0.610. The van der Waals surface area contributed by atoms with Crippen LogP contribution < -0.4 is 11.1 Å². The number of nitrogens with zero attached hydrogens (tertiary/aromatic N) is 1. The van der Waals surface area contributed by atoms with Gasteiger partial charge in [-0.2, -0.15) is 0 Å². The van der Waals surface area contributed by atoms with Crippen LogP contribution in [0.4, 0.5) is 0 Å². The van der Waals surface area contributed by atoms with Crippen molar-refractivity contribution in [2.45, 2.75) is 31.8 Å². The van der Waals surface area contributed by atoms with Gasteiger partial charge in [0.05, 0.1) is 6.04 Å². The number of nitrogens with one attached hydrogen (secondary N) is 1. The van der Waals surface area contributed by atoms with E-state index < -0.39 is 0 Å². The second kappa shape index (κ2) is 4.58. The predicted molar refractivity (Wildman–Crippen MR) is 52.3 cm³/mol. The first-order valence-electron chi connectivity index (χ1n) is 4.88. The molecule has 0 spiro atoms. The van der Waals surface area contributed by atoms with E-state index in [4.69, 9.17) is 5.73 Å². The Bertz CT molecular complexity index is 184. The lowest BCUT2D eigenvalue weighted by Gasteiger charge is -2.15. The summed E-state index contributed by atoms with van der Waals surface area (Å²) in [6, 6.07) is -0.0407. The molecule has 1 aliphatic heterocycles. The number of nitrogens with two attached hydrogens (primary N) is 1. The highest BCUT2D eigenvalue weighted by Crippen LogP contribution is 2.06. The normalized spacial score (nSPS) is 25.9. The Labute approximate surface area is 79.5 Å². The van der Waals surface area contributed by atoms with Crippen molar-refractivity contribution in [3.05, 3.63) is 0 Å². The highest BCUT2D eigenvalue weighted by atomic mass is 16.2. The molecule has 76 valence electrons.